The molecule has 0 aromatic carbocycles. The summed E-state index contributed by atoms with van der Waals surface area (Å²) in [6.45, 7) is 3.69. The Labute approximate surface area is 123 Å². The number of hydrogen-bond acceptors (Lipinski definition) is 2. The van der Waals surface area contributed by atoms with E-state index in [-0.39, 0.29) is 17.4 Å². The third-order valence-corrected chi connectivity index (χ3v) is 2.79. The maximum atomic E-state index is 5.81. The summed E-state index contributed by atoms with van der Waals surface area (Å²) in [6.07, 6.45) is 0. The molecule has 0 saturated carbocycles. The Kier molecular flexibility index (Phi) is 4.54. The number of aromatic nitrogens is 3. The standard InChI is InChI=1S/C7H7Cl6N3/c1-3(2)16-5(7(11,12)13)4(14-15-16)6(8,9)10/h3H,1-2H3. The van der Waals surface area contributed by atoms with Crippen LogP contribution in [0.2, 0.25) is 0 Å². The molecule has 0 unspecified atom stereocenters. The fourth-order valence-corrected chi connectivity index (χ4v) is 2.02. The lowest BCUT2D eigenvalue weighted by atomic mass is 10.3. The number of hydrogen-bond donors (Lipinski definition) is 0. The van der Waals surface area contributed by atoms with Crippen LogP contribution in [0.25, 0.3) is 0 Å². The van der Waals surface area contributed by atoms with Crippen LogP contribution in [0.3, 0.4) is 0 Å². The van der Waals surface area contributed by atoms with Gasteiger partial charge in [-0.2, -0.15) is 0 Å². The van der Waals surface area contributed by atoms with Gasteiger partial charge in [0.2, 0.25) is 7.59 Å². The van der Waals surface area contributed by atoms with Gasteiger partial charge in [-0.1, -0.05) is 74.8 Å². The summed E-state index contributed by atoms with van der Waals surface area (Å²) < 4.78 is -2.14. The van der Waals surface area contributed by atoms with Crippen molar-refractivity contribution in [1.82, 2.24) is 15.0 Å². The van der Waals surface area contributed by atoms with Crippen LogP contribution >= 0.6 is 69.6 Å². The zero-order valence-electron chi connectivity index (χ0n) is 8.19. The Morgan fingerprint density at radius 1 is 1.00 bits per heavy atom. The number of nitrogens with zero attached hydrogens (tertiary/aromatic N) is 3. The normalized spacial score (nSPS) is 13.6. The molecule has 3 nitrogen and oxygen atoms in total. The molecule has 0 amide bonds. The van der Waals surface area contributed by atoms with Crippen molar-refractivity contribution < 1.29 is 0 Å². The van der Waals surface area contributed by atoms with Crippen molar-refractivity contribution in [2.75, 3.05) is 0 Å². The van der Waals surface area contributed by atoms with Gasteiger partial charge in [-0.25, -0.2) is 4.68 Å². The Morgan fingerprint density at radius 3 is 1.81 bits per heavy atom. The summed E-state index contributed by atoms with van der Waals surface area (Å²) in [6, 6.07) is -0.0702. The zero-order valence-corrected chi connectivity index (χ0v) is 12.7. The van der Waals surface area contributed by atoms with E-state index in [4.69, 9.17) is 69.6 Å². The number of halogens is 6. The summed E-state index contributed by atoms with van der Waals surface area (Å²) in [5.41, 5.74) is 0.179. The fraction of sp³-hybridized carbons (Fsp3) is 0.714. The maximum Gasteiger partial charge on any atom is 0.236 e. The second-order valence-electron chi connectivity index (χ2n) is 3.32. The van der Waals surface area contributed by atoms with E-state index in [1.165, 1.54) is 4.68 Å². The van der Waals surface area contributed by atoms with Crippen molar-refractivity contribution in [3.05, 3.63) is 11.4 Å². The van der Waals surface area contributed by atoms with Gasteiger partial charge in [0.1, 0.15) is 11.4 Å². The van der Waals surface area contributed by atoms with Gasteiger partial charge in [0.05, 0.1) is 0 Å². The molecule has 92 valence electrons. The zero-order chi connectivity index (χ0) is 12.7. The van der Waals surface area contributed by atoms with Crippen LogP contribution < -0.4 is 0 Å². The SMILES string of the molecule is CC(C)n1nnc(C(Cl)(Cl)Cl)c1C(Cl)(Cl)Cl. The quantitative estimate of drug-likeness (QED) is 0.701. The van der Waals surface area contributed by atoms with Crippen molar-refractivity contribution in [1.29, 1.82) is 0 Å². The summed E-state index contributed by atoms with van der Waals surface area (Å²) in [5, 5.41) is 7.55. The van der Waals surface area contributed by atoms with Gasteiger partial charge in [-0.15, -0.1) is 5.10 Å². The Bertz CT molecular complexity index is 374. The summed E-state index contributed by atoms with van der Waals surface area (Å²) in [4.78, 5) is 0. The Morgan fingerprint density at radius 2 is 1.50 bits per heavy atom. The van der Waals surface area contributed by atoms with E-state index in [0.717, 1.165) is 0 Å². The van der Waals surface area contributed by atoms with E-state index < -0.39 is 7.59 Å². The van der Waals surface area contributed by atoms with E-state index in [9.17, 15) is 0 Å². The highest BCUT2D eigenvalue weighted by Crippen LogP contribution is 2.47. The minimum absolute atomic E-state index is 0.0196. The minimum Gasteiger partial charge on any atom is -0.242 e. The van der Waals surface area contributed by atoms with Crippen LogP contribution in [0, 0.1) is 0 Å². The van der Waals surface area contributed by atoms with Crippen molar-refractivity contribution in [3.8, 4) is 0 Å². The lowest BCUT2D eigenvalue weighted by Gasteiger charge is -2.19. The summed E-state index contributed by atoms with van der Waals surface area (Å²) in [5.74, 6) is 0. The second kappa shape index (κ2) is 4.87. The third-order valence-electron chi connectivity index (χ3n) is 1.72. The predicted molar refractivity (Wildman–Crippen MR) is 68.9 cm³/mol. The molecule has 0 saturated heterocycles. The first-order valence-electron chi connectivity index (χ1n) is 4.14. The average molecular weight is 346 g/mol. The van der Waals surface area contributed by atoms with Gasteiger partial charge >= 0.3 is 0 Å². The van der Waals surface area contributed by atoms with E-state index in [1.807, 2.05) is 13.8 Å². The van der Waals surface area contributed by atoms with Gasteiger partial charge in [0.15, 0.2) is 0 Å². The third kappa shape index (κ3) is 3.21. The molecular formula is C7H7Cl6N3. The molecule has 0 aliphatic heterocycles. The lowest BCUT2D eigenvalue weighted by molar-refractivity contribution is 0.496. The number of alkyl halides is 6. The molecule has 1 aromatic heterocycles. The lowest BCUT2D eigenvalue weighted by Crippen LogP contribution is -2.18. The van der Waals surface area contributed by atoms with Crippen molar-refractivity contribution in [3.63, 3.8) is 0 Å². The molecule has 0 atom stereocenters. The Hall–Kier alpha value is 0.880. The van der Waals surface area contributed by atoms with Crippen LogP contribution in [0.1, 0.15) is 31.3 Å². The van der Waals surface area contributed by atoms with Gasteiger partial charge in [0, 0.05) is 6.04 Å². The molecule has 0 bridgehead atoms. The predicted octanol–water partition coefficient (Wildman–Crippen LogP) is 4.51. The van der Waals surface area contributed by atoms with Crippen molar-refractivity contribution >= 4 is 69.6 Å². The van der Waals surface area contributed by atoms with Gasteiger partial charge < -0.3 is 0 Å². The van der Waals surface area contributed by atoms with Crippen LogP contribution in [-0.2, 0) is 7.59 Å². The summed E-state index contributed by atoms with van der Waals surface area (Å²) in [7, 11) is 0. The topological polar surface area (TPSA) is 30.7 Å². The molecule has 0 aliphatic carbocycles. The molecule has 0 N–H and O–H groups in total. The molecular weight excluding hydrogens is 339 g/mol. The van der Waals surface area contributed by atoms with Crippen molar-refractivity contribution in [2.24, 2.45) is 0 Å². The van der Waals surface area contributed by atoms with E-state index in [0.29, 0.717) is 0 Å². The number of rotatable bonds is 1. The van der Waals surface area contributed by atoms with Gasteiger partial charge in [0.25, 0.3) is 0 Å². The van der Waals surface area contributed by atoms with Crippen LogP contribution in [0.15, 0.2) is 0 Å². The molecule has 0 fully saturated rings. The smallest absolute Gasteiger partial charge is 0.236 e. The van der Waals surface area contributed by atoms with E-state index in [2.05, 4.69) is 10.3 Å². The monoisotopic (exact) mass is 343 g/mol. The van der Waals surface area contributed by atoms with Crippen LogP contribution in [0.4, 0.5) is 0 Å². The first kappa shape index (κ1) is 14.9. The molecule has 1 rings (SSSR count). The molecule has 9 heteroatoms. The van der Waals surface area contributed by atoms with Crippen molar-refractivity contribution in [2.45, 2.75) is 27.5 Å². The van der Waals surface area contributed by atoms with E-state index in [1.54, 1.807) is 0 Å². The van der Waals surface area contributed by atoms with Crippen LogP contribution in [0.5, 0.6) is 0 Å². The molecule has 0 radical (unpaired) electrons. The molecule has 16 heavy (non-hydrogen) atoms. The van der Waals surface area contributed by atoms with Gasteiger partial charge in [-0.05, 0) is 13.8 Å². The average Bonchev–Trinajstić information content (AvgIpc) is 2.43. The molecule has 1 heterocycles. The second-order valence-corrected chi connectivity index (χ2v) is 7.88. The van der Waals surface area contributed by atoms with Crippen LogP contribution in [-0.4, -0.2) is 15.0 Å². The Balaban J connectivity index is 3.44. The maximum absolute atomic E-state index is 5.81. The highest BCUT2D eigenvalue weighted by Gasteiger charge is 2.41. The first-order valence-corrected chi connectivity index (χ1v) is 6.41. The fourth-order valence-electron chi connectivity index (χ4n) is 1.11. The highest BCUT2D eigenvalue weighted by molar-refractivity contribution is 6.68. The largest absolute Gasteiger partial charge is 0.242 e. The molecule has 0 aliphatic rings. The minimum atomic E-state index is -1.79. The molecule has 1 aromatic rings. The first-order chi connectivity index (χ1) is 7.05. The molecule has 0 spiro atoms. The summed E-state index contributed by atoms with van der Waals surface area (Å²) >= 11 is 34.6. The van der Waals surface area contributed by atoms with Gasteiger partial charge in [-0.3, -0.25) is 0 Å². The van der Waals surface area contributed by atoms with E-state index >= 15 is 0 Å². The highest BCUT2D eigenvalue weighted by atomic mass is 35.6.